The van der Waals surface area contributed by atoms with E-state index in [1.54, 1.807) is 0 Å². The van der Waals surface area contributed by atoms with E-state index >= 15 is 0 Å². The summed E-state index contributed by atoms with van der Waals surface area (Å²) in [5.41, 5.74) is 1.36. The SMILES string of the molecule is BrCC#CCCc1ccc2ccccc2c1. The van der Waals surface area contributed by atoms with Crippen LogP contribution in [0.15, 0.2) is 42.5 Å². The van der Waals surface area contributed by atoms with Crippen molar-refractivity contribution in [3.63, 3.8) is 0 Å². The molecule has 0 aliphatic carbocycles. The monoisotopic (exact) mass is 272 g/mol. The third-order valence-electron chi connectivity index (χ3n) is 2.54. The zero-order valence-corrected chi connectivity index (χ0v) is 10.6. The van der Waals surface area contributed by atoms with Gasteiger partial charge < -0.3 is 0 Å². The molecule has 1 heteroatoms. The van der Waals surface area contributed by atoms with Crippen LogP contribution in [-0.2, 0) is 6.42 Å². The zero-order valence-electron chi connectivity index (χ0n) is 9.04. The highest BCUT2D eigenvalue weighted by atomic mass is 79.9. The highest BCUT2D eigenvalue weighted by Crippen LogP contribution is 2.16. The van der Waals surface area contributed by atoms with Crippen LogP contribution in [0.1, 0.15) is 12.0 Å². The molecule has 0 aliphatic heterocycles. The van der Waals surface area contributed by atoms with E-state index in [2.05, 4.69) is 70.2 Å². The summed E-state index contributed by atoms with van der Waals surface area (Å²) in [7, 11) is 0. The Morgan fingerprint density at radius 1 is 0.938 bits per heavy atom. The van der Waals surface area contributed by atoms with Gasteiger partial charge in [-0.3, -0.25) is 0 Å². The van der Waals surface area contributed by atoms with E-state index in [4.69, 9.17) is 0 Å². The fraction of sp³-hybridized carbons (Fsp3) is 0.200. The first-order chi connectivity index (χ1) is 7.90. The largest absolute Gasteiger partial charge is 0.102 e. The van der Waals surface area contributed by atoms with E-state index in [1.807, 2.05) is 0 Å². The minimum absolute atomic E-state index is 0.769. The molecule has 0 heterocycles. The molecule has 0 radical (unpaired) electrons. The molecule has 2 aromatic carbocycles. The third kappa shape index (κ3) is 2.87. The Balaban J connectivity index is 2.13. The van der Waals surface area contributed by atoms with E-state index in [-0.39, 0.29) is 0 Å². The fourth-order valence-corrected chi connectivity index (χ4v) is 1.94. The Morgan fingerprint density at radius 3 is 2.56 bits per heavy atom. The number of halogens is 1. The second kappa shape index (κ2) is 5.72. The lowest BCUT2D eigenvalue weighted by Gasteiger charge is -2.01. The Morgan fingerprint density at radius 2 is 1.75 bits per heavy atom. The molecule has 2 rings (SSSR count). The van der Waals surface area contributed by atoms with Crippen molar-refractivity contribution in [2.75, 3.05) is 5.33 Å². The van der Waals surface area contributed by atoms with Gasteiger partial charge in [-0.1, -0.05) is 64.3 Å². The van der Waals surface area contributed by atoms with E-state index in [1.165, 1.54) is 16.3 Å². The van der Waals surface area contributed by atoms with Gasteiger partial charge in [0.2, 0.25) is 0 Å². The van der Waals surface area contributed by atoms with E-state index in [0.29, 0.717) is 0 Å². The first-order valence-corrected chi connectivity index (χ1v) is 6.51. The van der Waals surface area contributed by atoms with Crippen LogP contribution in [-0.4, -0.2) is 5.33 Å². The first-order valence-electron chi connectivity index (χ1n) is 5.39. The van der Waals surface area contributed by atoms with Crippen molar-refractivity contribution in [2.24, 2.45) is 0 Å². The molecule has 80 valence electrons. The molecular weight excluding hydrogens is 260 g/mol. The van der Waals surface area contributed by atoms with Crippen molar-refractivity contribution in [1.82, 2.24) is 0 Å². The minimum Gasteiger partial charge on any atom is -0.102 e. The van der Waals surface area contributed by atoms with Crippen LogP contribution in [0.5, 0.6) is 0 Å². The maximum absolute atomic E-state index is 3.29. The second-order valence-electron chi connectivity index (χ2n) is 3.67. The number of hydrogen-bond donors (Lipinski definition) is 0. The smallest absolute Gasteiger partial charge is 0.0645 e. The summed E-state index contributed by atoms with van der Waals surface area (Å²) in [6, 6.07) is 15.1. The van der Waals surface area contributed by atoms with Gasteiger partial charge in [-0.15, -0.1) is 5.92 Å². The standard InChI is InChI=1S/C15H13Br/c16-11-5-1-2-6-13-9-10-14-7-3-4-8-15(14)12-13/h3-4,7-10,12H,2,6,11H2. The van der Waals surface area contributed by atoms with Gasteiger partial charge in [-0.2, -0.15) is 0 Å². The molecule has 0 N–H and O–H groups in total. The van der Waals surface area contributed by atoms with Crippen molar-refractivity contribution in [3.05, 3.63) is 48.0 Å². The van der Waals surface area contributed by atoms with E-state index < -0.39 is 0 Å². The van der Waals surface area contributed by atoms with Crippen LogP contribution in [0.2, 0.25) is 0 Å². The van der Waals surface area contributed by atoms with E-state index in [9.17, 15) is 0 Å². The van der Waals surface area contributed by atoms with Gasteiger partial charge in [0.25, 0.3) is 0 Å². The Kier molecular flexibility index (Phi) is 4.02. The molecule has 0 unspecified atom stereocenters. The van der Waals surface area contributed by atoms with Crippen LogP contribution in [0.3, 0.4) is 0 Å². The number of alkyl halides is 1. The van der Waals surface area contributed by atoms with Crippen molar-refractivity contribution in [2.45, 2.75) is 12.8 Å². The maximum atomic E-state index is 3.29. The average Bonchev–Trinajstić information content (AvgIpc) is 2.34. The van der Waals surface area contributed by atoms with Crippen molar-refractivity contribution in [1.29, 1.82) is 0 Å². The minimum atomic E-state index is 0.769. The highest BCUT2D eigenvalue weighted by Gasteiger charge is 1.94. The summed E-state index contributed by atoms with van der Waals surface area (Å²) < 4.78 is 0. The number of rotatable bonds is 2. The lowest BCUT2D eigenvalue weighted by Crippen LogP contribution is -1.83. The maximum Gasteiger partial charge on any atom is 0.0645 e. The Hall–Kier alpha value is -1.26. The molecule has 0 aliphatic rings. The van der Waals surface area contributed by atoms with Gasteiger partial charge in [-0.25, -0.2) is 0 Å². The van der Waals surface area contributed by atoms with Crippen LogP contribution in [0, 0.1) is 11.8 Å². The summed E-state index contributed by atoms with van der Waals surface area (Å²) in [5.74, 6) is 6.16. The Bertz CT molecular complexity index is 532. The van der Waals surface area contributed by atoms with Crippen molar-refractivity contribution >= 4 is 26.7 Å². The number of hydrogen-bond acceptors (Lipinski definition) is 0. The van der Waals surface area contributed by atoms with E-state index in [0.717, 1.165) is 18.2 Å². The van der Waals surface area contributed by atoms with Gasteiger partial charge in [0.05, 0.1) is 5.33 Å². The third-order valence-corrected chi connectivity index (χ3v) is 2.82. The molecule has 0 saturated heterocycles. The Labute approximate surface area is 105 Å². The molecule has 0 spiro atoms. The lowest BCUT2D eigenvalue weighted by atomic mass is 10.0. The van der Waals surface area contributed by atoms with Crippen LogP contribution in [0.4, 0.5) is 0 Å². The second-order valence-corrected chi connectivity index (χ2v) is 4.23. The van der Waals surface area contributed by atoms with Gasteiger partial charge in [0.15, 0.2) is 0 Å². The molecule has 0 atom stereocenters. The molecule has 2 aromatic rings. The summed E-state index contributed by atoms with van der Waals surface area (Å²) >= 11 is 3.29. The van der Waals surface area contributed by atoms with Crippen LogP contribution >= 0.6 is 15.9 Å². The zero-order chi connectivity index (χ0) is 11.2. The number of aryl methyl sites for hydroxylation is 1. The summed E-state index contributed by atoms with van der Waals surface area (Å²) in [5, 5.41) is 3.39. The average molecular weight is 273 g/mol. The van der Waals surface area contributed by atoms with Crippen LogP contribution < -0.4 is 0 Å². The quantitative estimate of drug-likeness (QED) is 0.569. The van der Waals surface area contributed by atoms with Gasteiger partial charge in [0, 0.05) is 6.42 Å². The molecule has 0 saturated carbocycles. The molecule has 0 aromatic heterocycles. The molecular formula is C15H13Br. The number of benzene rings is 2. The summed E-state index contributed by atoms with van der Waals surface area (Å²) in [6.45, 7) is 0. The number of fused-ring (bicyclic) bond motifs is 1. The normalized spacial score (nSPS) is 9.81. The van der Waals surface area contributed by atoms with Gasteiger partial charge in [-0.05, 0) is 22.8 Å². The molecule has 16 heavy (non-hydrogen) atoms. The van der Waals surface area contributed by atoms with Crippen molar-refractivity contribution in [3.8, 4) is 11.8 Å². The van der Waals surface area contributed by atoms with Gasteiger partial charge >= 0.3 is 0 Å². The highest BCUT2D eigenvalue weighted by molar-refractivity contribution is 9.09. The van der Waals surface area contributed by atoms with Crippen molar-refractivity contribution < 1.29 is 0 Å². The predicted octanol–water partition coefficient (Wildman–Crippen LogP) is 4.17. The molecule has 0 nitrogen and oxygen atoms in total. The summed E-state index contributed by atoms with van der Waals surface area (Å²) in [4.78, 5) is 0. The first kappa shape index (κ1) is 11.2. The molecule has 0 bridgehead atoms. The van der Waals surface area contributed by atoms with Gasteiger partial charge in [0.1, 0.15) is 0 Å². The molecule has 0 fully saturated rings. The molecule has 0 amide bonds. The predicted molar refractivity (Wildman–Crippen MR) is 73.8 cm³/mol. The summed E-state index contributed by atoms with van der Waals surface area (Å²) in [6.07, 6.45) is 1.97. The topological polar surface area (TPSA) is 0 Å². The fourth-order valence-electron chi connectivity index (χ4n) is 1.74. The lowest BCUT2D eigenvalue weighted by molar-refractivity contribution is 1.03. The van der Waals surface area contributed by atoms with Crippen LogP contribution in [0.25, 0.3) is 10.8 Å².